The van der Waals surface area contributed by atoms with Gasteiger partial charge in [0.25, 0.3) is 0 Å². The number of rotatable bonds is 5. The van der Waals surface area contributed by atoms with Gasteiger partial charge in [-0.2, -0.15) is 0 Å². The Bertz CT molecular complexity index is 527. The number of amides is 2. The van der Waals surface area contributed by atoms with Crippen LogP contribution in [0.25, 0.3) is 0 Å². The summed E-state index contributed by atoms with van der Waals surface area (Å²) >= 11 is 0. The summed E-state index contributed by atoms with van der Waals surface area (Å²) in [6.07, 6.45) is 4.86. The van der Waals surface area contributed by atoms with Gasteiger partial charge >= 0.3 is 0 Å². The van der Waals surface area contributed by atoms with Gasteiger partial charge in [0.1, 0.15) is 0 Å². The predicted molar refractivity (Wildman–Crippen MR) is 87.6 cm³/mol. The van der Waals surface area contributed by atoms with Gasteiger partial charge in [0, 0.05) is 17.3 Å². The lowest BCUT2D eigenvalue weighted by molar-refractivity contribution is -0.118. The van der Waals surface area contributed by atoms with Crippen molar-refractivity contribution in [2.75, 3.05) is 5.32 Å². The molecular weight excluding hydrogens is 278 g/mol. The highest BCUT2D eigenvalue weighted by Crippen LogP contribution is 2.24. The molecule has 5 nitrogen and oxygen atoms in total. The molecule has 0 spiro atoms. The van der Waals surface area contributed by atoms with Crippen molar-refractivity contribution in [3.05, 3.63) is 29.8 Å². The van der Waals surface area contributed by atoms with E-state index in [-0.39, 0.29) is 11.9 Å². The Morgan fingerprint density at radius 1 is 1.18 bits per heavy atom. The van der Waals surface area contributed by atoms with Gasteiger partial charge in [0.05, 0.1) is 6.04 Å². The van der Waals surface area contributed by atoms with Crippen molar-refractivity contribution in [2.45, 2.75) is 51.6 Å². The molecule has 1 fully saturated rings. The molecule has 120 valence electrons. The molecule has 1 aliphatic carbocycles. The van der Waals surface area contributed by atoms with Gasteiger partial charge < -0.3 is 16.4 Å². The number of hydrogen-bond acceptors (Lipinski definition) is 3. The normalized spacial score (nSPS) is 22.8. The molecule has 0 saturated heterocycles. The Morgan fingerprint density at radius 3 is 2.41 bits per heavy atom. The highest BCUT2D eigenvalue weighted by Gasteiger charge is 2.24. The van der Waals surface area contributed by atoms with Crippen molar-refractivity contribution < 1.29 is 9.59 Å². The van der Waals surface area contributed by atoms with Crippen molar-refractivity contribution in [1.82, 2.24) is 5.32 Å². The van der Waals surface area contributed by atoms with Crippen molar-refractivity contribution in [2.24, 2.45) is 11.7 Å². The van der Waals surface area contributed by atoms with Crippen LogP contribution in [0.5, 0.6) is 0 Å². The number of nitrogens with two attached hydrogens (primary N) is 1. The van der Waals surface area contributed by atoms with Crippen molar-refractivity contribution in [3.8, 4) is 0 Å². The first kappa shape index (κ1) is 16.5. The Balaban J connectivity index is 1.89. The zero-order valence-electron chi connectivity index (χ0n) is 13.3. The van der Waals surface area contributed by atoms with Crippen LogP contribution in [0.1, 0.15) is 49.9 Å². The maximum absolute atomic E-state index is 12.2. The van der Waals surface area contributed by atoms with Gasteiger partial charge in [-0.25, -0.2) is 0 Å². The number of nitrogens with one attached hydrogen (secondary N) is 2. The first-order valence-corrected chi connectivity index (χ1v) is 7.94. The third-order valence-corrected chi connectivity index (χ3v) is 4.41. The summed E-state index contributed by atoms with van der Waals surface area (Å²) in [7, 11) is 0. The maximum atomic E-state index is 12.2. The molecule has 1 aromatic rings. The SMILES string of the molecule is C[C@H](N[C@@H]1CCCC[C@H]1C)C(=O)Nc1ccc(C(N)=O)cc1. The van der Waals surface area contributed by atoms with Gasteiger partial charge in [-0.15, -0.1) is 0 Å². The van der Waals surface area contributed by atoms with Crippen LogP contribution in [0, 0.1) is 5.92 Å². The Labute approximate surface area is 131 Å². The van der Waals surface area contributed by atoms with Crippen LogP contribution in [0.2, 0.25) is 0 Å². The van der Waals surface area contributed by atoms with E-state index in [1.165, 1.54) is 19.3 Å². The lowest BCUT2D eigenvalue weighted by atomic mass is 9.85. The van der Waals surface area contributed by atoms with E-state index in [0.29, 0.717) is 23.2 Å². The van der Waals surface area contributed by atoms with E-state index in [4.69, 9.17) is 5.73 Å². The summed E-state index contributed by atoms with van der Waals surface area (Å²) in [6, 6.07) is 6.76. The number of benzene rings is 1. The highest BCUT2D eigenvalue weighted by molar-refractivity contribution is 5.96. The Morgan fingerprint density at radius 2 is 1.82 bits per heavy atom. The molecule has 0 heterocycles. The summed E-state index contributed by atoms with van der Waals surface area (Å²) in [5, 5.41) is 6.29. The first-order valence-electron chi connectivity index (χ1n) is 7.94. The molecular formula is C17H25N3O2. The van der Waals surface area contributed by atoms with Crippen LogP contribution in [-0.2, 0) is 4.79 Å². The van der Waals surface area contributed by atoms with Crippen LogP contribution in [0.3, 0.4) is 0 Å². The zero-order chi connectivity index (χ0) is 16.1. The fraction of sp³-hybridized carbons (Fsp3) is 0.529. The highest BCUT2D eigenvalue weighted by atomic mass is 16.2. The third-order valence-electron chi connectivity index (χ3n) is 4.41. The lowest BCUT2D eigenvalue weighted by Crippen LogP contribution is -2.47. The van der Waals surface area contributed by atoms with E-state index < -0.39 is 5.91 Å². The second kappa shape index (κ2) is 7.40. The van der Waals surface area contributed by atoms with E-state index in [1.54, 1.807) is 24.3 Å². The number of anilines is 1. The van der Waals surface area contributed by atoms with Crippen molar-refractivity contribution in [1.29, 1.82) is 0 Å². The van der Waals surface area contributed by atoms with Crippen LogP contribution in [-0.4, -0.2) is 23.9 Å². The van der Waals surface area contributed by atoms with Gasteiger partial charge in [-0.3, -0.25) is 9.59 Å². The minimum atomic E-state index is -0.473. The molecule has 0 radical (unpaired) electrons. The molecule has 0 aliphatic heterocycles. The topological polar surface area (TPSA) is 84.2 Å². The van der Waals surface area contributed by atoms with E-state index >= 15 is 0 Å². The summed E-state index contributed by atoms with van der Waals surface area (Å²) in [6.45, 7) is 4.12. The second-order valence-corrected chi connectivity index (χ2v) is 6.19. The summed E-state index contributed by atoms with van der Waals surface area (Å²) in [5.41, 5.74) is 6.29. The van der Waals surface area contributed by atoms with Crippen molar-refractivity contribution in [3.63, 3.8) is 0 Å². The van der Waals surface area contributed by atoms with E-state index in [2.05, 4.69) is 17.6 Å². The average molecular weight is 303 g/mol. The van der Waals surface area contributed by atoms with Crippen LogP contribution in [0.15, 0.2) is 24.3 Å². The summed E-state index contributed by atoms with van der Waals surface area (Å²) in [4.78, 5) is 23.3. The standard InChI is InChI=1S/C17H25N3O2/c1-11-5-3-4-6-15(11)19-12(2)17(22)20-14-9-7-13(8-10-14)16(18)21/h7-12,15,19H,3-6H2,1-2H3,(H2,18,21)(H,20,22)/t11-,12+,15-/m1/s1. The molecule has 4 N–H and O–H groups in total. The summed E-state index contributed by atoms with van der Waals surface area (Å²) in [5.74, 6) is 0.0719. The number of carbonyl (C=O) groups excluding carboxylic acids is 2. The first-order chi connectivity index (χ1) is 10.5. The van der Waals surface area contributed by atoms with Gasteiger partial charge in [-0.05, 0) is 49.9 Å². The molecule has 1 aliphatic rings. The van der Waals surface area contributed by atoms with Crippen LogP contribution >= 0.6 is 0 Å². The average Bonchev–Trinajstić information content (AvgIpc) is 2.50. The monoisotopic (exact) mass is 303 g/mol. The maximum Gasteiger partial charge on any atom is 0.248 e. The van der Waals surface area contributed by atoms with Gasteiger partial charge in [0.2, 0.25) is 11.8 Å². The number of primary amides is 1. The van der Waals surface area contributed by atoms with Crippen molar-refractivity contribution >= 4 is 17.5 Å². The van der Waals surface area contributed by atoms with Gasteiger partial charge in [-0.1, -0.05) is 19.8 Å². The fourth-order valence-electron chi connectivity index (χ4n) is 2.93. The van der Waals surface area contributed by atoms with E-state index in [0.717, 1.165) is 6.42 Å². The molecule has 1 saturated carbocycles. The molecule has 1 aromatic carbocycles. The predicted octanol–water partition coefficient (Wildman–Crippen LogP) is 2.28. The Hall–Kier alpha value is -1.88. The minimum absolute atomic E-state index is 0.0652. The fourth-order valence-corrected chi connectivity index (χ4v) is 2.93. The largest absolute Gasteiger partial charge is 0.366 e. The molecule has 2 amide bonds. The third kappa shape index (κ3) is 4.31. The van der Waals surface area contributed by atoms with E-state index in [9.17, 15) is 9.59 Å². The molecule has 0 bridgehead atoms. The molecule has 5 heteroatoms. The van der Waals surface area contributed by atoms with E-state index in [1.807, 2.05) is 6.92 Å². The zero-order valence-corrected chi connectivity index (χ0v) is 13.3. The second-order valence-electron chi connectivity index (χ2n) is 6.19. The lowest BCUT2D eigenvalue weighted by Gasteiger charge is -2.31. The minimum Gasteiger partial charge on any atom is -0.366 e. The molecule has 0 aromatic heterocycles. The van der Waals surface area contributed by atoms with Crippen LogP contribution < -0.4 is 16.4 Å². The summed E-state index contributed by atoms with van der Waals surface area (Å²) < 4.78 is 0. The smallest absolute Gasteiger partial charge is 0.248 e. The molecule has 2 rings (SSSR count). The Kier molecular flexibility index (Phi) is 5.55. The number of hydrogen-bond donors (Lipinski definition) is 3. The van der Waals surface area contributed by atoms with Crippen LogP contribution in [0.4, 0.5) is 5.69 Å². The molecule has 3 atom stereocenters. The quantitative estimate of drug-likeness (QED) is 0.780. The number of carbonyl (C=O) groups is 2. The molecule has 22 heavy (non-hydrogen) atoms. The molecule has 0 unspecified atom stereocenters. The van der Waals surface area contributed by atoms with Gasteiger partial charge in [0.15, 0.2) is 0 Å².